The van der Waals surface area contributed by atoms with Crippen LogP contribution in [0.4, 0.5) is 0 Å². The summed E-state index contributed by atoms with van der Waals surface area (Å²) in [5.41, 5.74) is 5.85. The van der Waals surface area contributed by atoms with E-state index in [1.54, 1.807) is 0 Å². The largest absolute Gasteiger partial charge is 0.352 e. The van der Waals surface area contributed by atoms with Gasteiger partial charge in [-0.05, 0) is 82.0 Å². The number of nitrogens with one attached hydrogen (secondary N) is 1. The topological polar surface area (TPSA) is 75.4 Å². The summed E-state index contributed by atoms with van der Waals surface area (Å²) in [5.74, 6) is 2.55. The van der Waals surface area contributed by atoms with Gasteiger partial charge in [-0.3, -0.25) is 9.59 Å². The monoisotopic (exact) mass is 375 g/mol. The molecular formula is C22H37N3O2. The number of rotatable bonds is 6. The van der Waals surface area contributed by atoms with Gasteiger partial charge in [0.15, 0.2) is 0 Å². The summed E-state index contributed by atoms with van der Waals surface area (Å²) in [6, 6.07) is -0.288. The van der Waals surface area contributed by atoms with Crippen LogP contribution in [0.15, 0.2) is 0 Å². The molecule has 0 aromatic heterocycles. The van der Waals surface area contributed by atoms with Crippen LogP contribution < -0.4 is 11.1 Å². The average molecular weight is 376 g/mol. The molecule has 152 valence electrons. The van der Waals surface area contributed by atoms with Gasteiger partial charge >= 0.3 is 0 Å². The van der Waals surface area contributed by atoms with Crippen LogP contribution in [-0.4, -0.2) is 41.4 Å². The van der Waals surface area contributed by atoms with Crippen molar-refractivity contribution in [2.45, 2.75) is 89.6 Å². The molecule has 0 spiro atoms. The highest BCUT2D eigenvalue weighted by atomic mass is 16.2. The Labute approximate surface area is 163 Å². The normalized spacial score (nSPS) is 37.7. The minimum atomic E-state index is -0.344. The molecule has 3 N–H and O–H groups in total. The maximum Gasteiger partial charge on any atom is 0.242 e. The van der Waals surface area contributed by atoms with E-state index in [-0.39, 0.29) is 22.9 Å². The lowest BCUT2D eigenvalue weighted by molar-refractivity contribution is -0.160. The molecule has 0 aromatic carbocycles. The molecule has 1 aliphatic heterocycles. The summed E-state index contributed by atoms with van der Waals surface area (Å²) < 4.78 is 0. The first-order valence-corrected chi connectivity index (χ1v) is 11.3. The third-order valence-electron chi connectivity index (χ3n) is 8.33. The maximum absolute atomic E-state index is 13.6. The molecule has 4 bridgehead atoms. The highest BCUT2D eigenvalue weighted by Crippen LogP contribution is 2.60. The van der Waals surface area contributed by atoms with Crippen LogP contribution in [0.1, 0.15) is 78.1 Å². The molecule has 4 aliphatic carbocycles. The van der Waals surface area contributed by atoms with Crippen molar-refractivity contribution in [2.24, 2.45) is 28.9 Å². The zero-order valence-corrected chi connectivity index (χ0v) is 17.1. The third-order valence-corrected chi connectivity index (χ3v) is 8.33. The van der Waals surface area contributed by atoms with E-state index in [1.165, 1.54) is 19.3 Å². The molecule has 5 aliphatic rings. The van der Waals surface area contributed by atoms with Gasteiger partial charge in [0.05, 0.1) is 5.41 Å². The zero-order chi connectivity index (χ0) is 19.2. The van der Waals surface area contributed by atoms with Crippen molar-refractivity contribution in [2.75, 3.05) is 13.1 Å². The van der Waals surface area contributed by atoms with Gasteiger partial charge in [-0.2, -0.15) is 0 Å². The zero-order valence-electron chi connectivity index (χ0n) is 17.1. The first-order chi connectivity index (χ1) is 12.9. The summed E-state index contributed by atoms with van der Waals surface area (Å²) in [7, 11) is 0. The predicted molar refractivity (Wildman–Crippen MR) is 106 cm³/mol. The van der Waals surface area contributed by atoms with Crippen molar-refractivity contribution < 1.29 is 9.59 Å². The molecule has 0 aromatic rings. The minimum absolute atomic E-state index is 0.00213. The van der Waals surface area contributed by atoms with E-state index in [0.717, 1.165) is 69.2 Å². The first-order valence-electron chi connectivity index (χ1n) is 11.3. The highest BCUT2D eigenvalue weighted by molar-refractivity contribution is 5.91. The lowest BCUT2D eigenvalue weighted by Gasteiger charge is -2.56. The Hall–Kier alpha value is -1.10. The van der Waals surface area contributed by atoms with E-state index < -0.39 is 0 Å². The number of likely N-dealkylation sites (tertiary alicyclic amines) is 1. The fraction of sp³-hybridized carbons (Fsp3) is 0.909. The molecule has 5 fully saturated rings. The number of hydrogen-bond acceptors (Lipinski definition) is 3. The summed E-state index contributed by atoms with van der Waals surface area (Å²) in [5, 5.41) is 3.07. The minimum Gasteiger partial charge on any atom is -0.352 e. The van der Waals surface area contributed by atoms with Gasteiger partial charge in [0.1, 0.15) is 6.04 Å². The van der Waals surface area contributed by atoms with Gasteiger partial charge in [0, 0.05) is 18.6 Å². The van der Waals surface area contributed by atoms with Crippen molar-refractivity contribution in [1.29, 1.82) is 0 Å². The number of nitrogens with zero attached hydrogens (tertiary/aromatic N) is 1. The molecule has 5 rings (SSSR count). The molecular weight excluding hydrogens is 338 g/mol. The second-order valence-electron chi connectivity index (χ2n) is 10.1. The Bertz CT molecular complexity index is 563. The Balaban J connectivity index is 1.44. The molecule has 1 saturated heterocycles. The lowest BCUT2D eigenvalue weighted by atomic mass is 9.49. The SMILES string of the molecule is CCC(N)(CC)CNC(=O)C1CCCN1C(=O)C12CC3CC(CC(C3)C1)C2. The van der Waals surface area contributed by atoms with Gasteiger partial charge in [-0.1, -0.05) is 13.8 Å². The lowest BCUT2D eigenvalue weighted by Crippen LogP contribution is -2.58. The Morgan fingerprint density at radius 2 is 1.63 bits per heavy atom. The Kier molecular flexibility index (Phi) is 5.02. The van der Waals surface area contributed by atoms with E-state index >= 15 is 0 Å². The quantitative estimate of drug-likeness (QED) is 0.749. The van der Waals surface area contributed by atoms with Crippen LogP contribution in [0.25, 0.3) is 0 Å². The average Bonchev–Trinajstić information content (AvgIpc) is 3.14. The van der Waals surface area contributed by atoms with E-state index in [2.05, 4.69) is 19.2 Å². The van der Waals surface area contributed by atoms with E-state index in [1.807, 2.05) is 4.90 Å². The van der Waals surface area contributed by atoms with Gasteiger partial charge < -0.3 is 16.0 Å². The number of carbonyl (C=O) groups excluding carboxylic acids is 2. The first kappa shape index (κ1) is 19.2. The van der Waals surface area contributed by atoms with E-state index in [4.69, 9.17) is 5.73 Å². The molecule has 2 amide bonds. The van der Waals surface area contributed by atoms with Crippen LogP contribution >= 0.6 is 0 Å². The number of carbonyl (C=O) groups is 2. The second-order valence-corrected chi connectivity index (χ2v) is 10.1. The molecule has 1 atom stereocenters. The van der Waals surface area contributed by atoms with Crippen molar-refractivity contribution in [3.05, 3.63) is 0 Å². The fourth-order valence-corrected chi connectivity index (χ4v) is 6.84. The molecule has 5 nitrogen and oxygen atoms in total. The number of nitrogens with two attached hydrogens (primary N) is 1. The third kappa shape index (κ3) is 3.41. The maximum atomic E-state index is 13.6. The van der Waals surface area contributed by atoms with Gasteiger partial charge in [0.25, 0.3) is 0 Å². The summed E-state index contributed by atoms with van der Waals surface area (Å²) in [4.78, 5) is 28.5. The van der Waals surface area contributed by atoms with Crippen LogP contribution in [-0.2, 0) is 9.59 Å². The van der Waals surface area contributed by atoms with Crippen molar-refractivity contribution >= 4 is 11.8 Å². The smallest absolute Gasteiger partial charge is 0.242 e. The van der Waals surface area contributed by atoms with Gasteiger partial charge in [-0.25, -0.2) is 0 Å². The van der Waals surface area contributed by atoms with Gasteiger partial charge in [-0.15, -0.1) is 0 Å². The predicted octanol–water partition coefficient (Wildman–Crippen LogP) is 2.83. The molecule has 27 heavy (non-hydrogen) atoms. The summed E-state index contributed by atoms with van der Waals surface area (Å²) in [6.07, 6.45) is 10.6. The van der Waals surface area contributed by atoms with Crippen LogP contribution in [0.2, 0.25) is 0 Å². The molecule has 4 saturated carbocycles. The Morgan fingerprint density at radius 3 is 2.15 bits per heavy atom. The van der Waals surface area contributed by atoms with Crippen LogP contribution in [0.5, 0.6) is 0 Å². The summed E-state index contributed by atoms with van der Waals surface area (Å²) >= 11 is 0. The molecule has 1 unspecified atom stereocenters. The standard InChI is InChI=1S/C22H37N3O2/c1-3-22(23,4-2)14-24-19(26)18-6-5-7-25(18)20(27)21-11-15-8-16(12-21)10-17(9-15)13-21/h15-18H,3-14,23H2,1-2H3,(H,24,26). The fourth-order valence-electron chi connectivity index (χ4n) is 6.84. The van der Waals surface area contributed by atoms with E-state index in [0.29, 0.717) is 12.5 Å². The Morgan fingerprint density at radius 1 is 1.07 bits per heavy atom. The molecule has 1 heterocycles. The van der Waals surface area contributed by atoms with Crippen LogP contribution in [0, 0.1) is 23.2 Å². The number of amides is 2. The number of hydrogen-bond donors (Lipinski definition) is 2. The molecule has 0 radical (unpaired) electrons. The highest BCUT2D eigenvalue weighted by Gasteiger charge is 2.56. The van der Waals surface area contributed by atoms with Crippen molar-refractivity contribution in [3.63, 3.8) is 0 Å². The van der Waals surface area contributed by atoms with Crippen molar-refractivity contribution in [1.82, 2.24) is 10.2 Å². The van der Waals surface area contributed by atoms with Crippen LogP contribution in [0.3, 0.4) is 0 Å². The summed E-state index contributed by atoms with van der Waals surface area (Å²) in [6.45, 7) is 5.37. The molecule has 5 heteroatoms. The van der Waals surface area contributed by atoms with Crippen molar-refractivity contribution in [3.8, 4) is 0 Å². The second kappa shape index (κ2) is 7.06. The van der Waals surface area contributed by atoms with Gasteiger partial charge in [0.2, 0.25) is 11.8 Å². The van der Waals surface area contributed by atoms with E-state index in [9.17, 15) is 9.59 Å².